The number of hydrogen-bond donors (Lipinski definition) is 1. The van der Waals surface area contributed by atoms with Crippen LogP contribution in [0.4, 0.5) is 5.69 Å². The number of nitrogens with one attached hydrogen (secondary N) is 1. The zero-order valence-electron chi connectivity index (χ0n) is 11.2. The third kappa shape index (κ3) is 3.37. The smallest absolute Gasteiger partial charge is 0.350 e. The fraction of sp³-hybridized carbons (Fsp3) is 0.154. The predicted octanol–water partition coefficient (Wildman–Crippen LogP) is 3.30. The largest absolute Gasteiger partial charge is 0.465 e. The number of esters is 1. The van der Waals surface area contributed by atoms with Gasteiger partial charge in [-0.2, -0.15) is 0 Å². The maximum absolute atomic E-state index is 12.4. The van der Waals surface area contributed by atoms with Crippen molar-refractivity contribution in [2.24, 2.45) is 0 Å². The Morgan fingerprint density at radius 1 is 1.33 bits per heavy atom. The van der Waals surface area contributed by atoms with Crippen molar-refractivity contribution in [3.63, 3.8) is 0 Å². The highest BCUT2D eigenvalue weighted by atomic mass is 35.5. The second-order valence-corrected chi connectivity index (χ2v) is 7.17. The summed E-state index contributed by atoms with van der Waals surface area (Å²) in [6.45, 7) is 1.67. The Morgan fingerprint density at radius 3 is 2.71 bits per heavy atom. The molecule has 0 fully saturated rings. The fourth-order valence-corrected chi connectivity index (χ4v) is 4.11. The molecule has 0 bridgehead atoms. The van der Waals surface area contributed by atoms with Gasteiger partial charge in [-0.05, 0) is 36.1 Å². The van der Waals surface area contributed by atoms with E-state index in [4.69, 9.17) is 11.6 Å². The molecular formula is C13H12ClNO4S2. The average molecular weight is 346 g/mol. The number of carbonyl (C=O) groups is 1. The van der Waals surface area contributed by atoms with Crippen LogP contribution in [0.5, 0.6) is 0 Å². The summed E-state index contributed by atoms with van der Waals surface area (Å²) < 4.78 is 31.8. The first-order valence-electron chi connectivity index (χ1n) is 5.80. The van der Waals surface area contributed by atoms with Crippen molar-refractivity contribution in [2.75, 3.05) is 11.8 Å². The van der Waals surface area contributed by atoms with Gasteiger partial charge in [0.2, 0.25) is 0 Å². The van der Waals surface area contributed by atoms with Gasteiger partial charge in [0.1, 0.15) is 4.88 Å². The van der Waals surface area contributed by atoms with Gasteiger partial charge < -0.3 is 4.74 Å². The molecule has 0 unspecified atom stereocenters. The Labute approximate surface area is 131 Å². The summed E-state index contributed by atoms with van der Waals surface area (Å²) in [6.07, 6.45) is 0. The highest BCUT2D eigenvalue weighted by Gasteiger charge is 2.22. The highest BCUT2D eigenvalue weighted by Crippen LogP contribution is 2.27. The summed E-state index contributed by atoms with van der Waals surface area (Å²) >= 11 is 6.94. The number of thiophene rings is 1. The zero-order valence-corrected chi connectivity index (χ0v) is 13.6. The van der Waals surface area contributed by atoms with Crippen molar-refractivity contribution in [1.82, 2.24) is 0 Å². The lowest BCUT2D eigenvalue weighted by Gasteiger charge is -2.10. The lowest BCUT2D eigenvalue weighted by atomic mass is 10.2. The second kappa shape index (κ2) is 6.05. The monoisotopic (exact) mass is 345 g/mol. The molecular weight excluding hydrogens is 334 g/mol. The average Bonchev–Trinajstić information content (AvgIpc) is 2.87. The van der Waals surface area contributed by atoms with E-state index in [1.807, 2.05) is 0 Å². The van der Waals surface area contributed by atoms with Crippen LogP contribution in [0.1, 0.15) is 15.2 Å². The van der Waals surface area contributed by atoms with Gasteiger partial charge in [-0.15, -0.1) is 11.3 Å². The third-order valence-electron chi connectivity index (χ3n) is 2.72. The molecule has 0 amide bonds. The van der Waals surface area contributed by atoms with Gasteiger partial charge in [0.05, 0.1) is 17.7 Å². The zero-order chi connectivity index (χ0) is 15.6. The molecule has 0 saturated heterocycles. The number of ether oxygens (including phenoxy) is 1. The van der Waals surface area contributed by atoms with E-state index in [-0.39, 0.29) is 15.5 Å². The molecule has 0 aliphatic heterocycles. The molecule has 0 spiro atoms. The Morgan fingerprint density at radius 2 is 2.05 bits per heavy atom. The van der Waals surface area contributed by atoms with Crippen molar-refractivity contribution < 1.29 is 17.9 Å². The molecule has 5 nitrogen and oxygen atoms in total. The second-order valence-electron chi connectivity index (χ2n) is 4.17. The van der Waals surface area contributed by atoms with E-state index < -0.39 is 16.0 Å². The SMILES string of the molecule is COC(=O)c1sccc1NS(=O)(=O)c1cc(Cl)ccc1C. The van der Waals surface area contributed by atoms with Crippen LogP contribution in [0.3, 0.4) is 0 Å². The minimum atomic E-state index is -3.84. The van der Waals surface area contributed by atoms with E-state index in [1.165, 1.54) is 19.2 Å². The molecule has 112 valence electrons. The standard InChI is InChI=1S/C13H12ClNO4S2/c1-8-3-4-9(14)7-11(8)21(17,18)15-10-5-6-20-12(10)13(16)19-2/h3-7,15H,1-2H3. The molecule has 0 aliphatic carbocycles. The van der Waals surface area contributed by atoms with Crippen LogP contribution in [-0.4, -0.2) is 21.5 Å². The Kier molecular flexibility index (Phi) is 4.55. The first-order valence-corrected chi connectivity index (χ1v) is 8.54. The van der Waals surface area contributed by atoms with Crippen molar-refractivity contribution in [3.05, 3.63) is 45.1 Å². The number of aryl methyl sites for hydroxylation is 1. The molecule has 0 atom stereocenters. The van der Waals surface area contributed by atoms with Gasteiger partial charge in [-0.25, -0.2) is 13.2 Å². The van der Waals surface area contributed by atoms with Crippen molar-refractivity contribution >= 4 is 44.6 Å². The number of carbonyl (C=O) groups excluding carboxylic acids is 1. The number of benzene rings is 1. The molecule has 2 rings (SSSR count). The van der Waals surface area contributed by atoms with Gasteiger partial charge in [0, 0.05) is 5.02 Å². The lowest BCUT2D eigenvalue weighted by Crippen LogP contribution is -2.15. The number of hydrogen-bond acceptors (Lipinski definition) is 5. The Bertz CT molecular complexity index is 783. The lowest BCUT2D eigenvalue weighted by molar-refractivity contribution is 0.0607. The minimum absolute atomic E-state index is 0.0667. The Hall–Kier alpha value is -1.57. The van der Waals surface area contributed by atoms with Gasteiger partial charge in [-0.1, -0.05) is 17.7 Å². The van der Waals surface area contributed by atoms with Crippen LogP contribution in [0, 0.1) is 6.92 Å². The van der Waals surface area contributed by atoms with Crippen LogP contribution in [0.15, 0.2) is 34.5 Å². The summed E-state index contributed by atoms with van der Waals surface area (Å²) in [7, 11) is -2.60. The van der Waals surface area contributed by atoms with Gasteiger partial charge >= 0.3 is 5.97 Å². The van der Waals surface area contributed by atoms with Gasteiger partial charge in [0.25, 0.3) is 10.0 Å². The fourth-order valence-electron chi connectivity index (χ4n) is 1.70. The normalized spacial score (nSPS) is 11.2. The van der Waals surface area contributed by atoms with E-state index >= 15 is 0 Å². The van der Waals surface area contributed by atoms with Crippen molar-refractivity contribution in [1.29, 1.82) is 0 Å². The summed E-state index contributed by atoms with van der Waals surface area (Å²) in [6, 6.07) is 6.10. The van der Waals surface area contributed by atoms with E-state index in [2.05, 4.69) is 9.46 Å². The van der Waals surface area contributed by atoms with Crippen molar-refractivity contribution in [2.45, 2.75) is 11.8 Å². The van der Waals surface area contributed by atoms with Crippen LogP contribution in [0.25, 0.3) is 0 Å². The third-order valence-corrected chi connectivity index (χ3v) is 5.36. The number of methoxy groups -OCH3 is 1. The van der Waals surface area contributed by atoms with Crippen LogP contribution >= 0.6 is 22.9 Å². The van der Waals surface area contributed by atoms with Gasteiger partial charge in [0.15, 0.2) is 0 Å². The summed E-state index contributed by atoms with van der Waals surface area (Å²) in [5.74, 6) is -0.592. The Balaban J connectivity index is 2.41. The van der Waals surface area contributed by atoms with E-state index in [0.717, 1.165) is 11.3 Å². The van der Waals surface area contributed by atoms with E-state index in [1.54, 1.807) is 24.4 Å². The number of halogens is 1. The number of rotatable bonds is 4. The molecule has 8 heteroatoms. The van der Waals surface area contributed by atoms with Crippen molar-refractivity contribution in [3.8, 4) is 0 Å². The first kappa shape index (κ1) is 15.8. The maximum Gasteiger partial charge on any atom is 0.350 e. The van der Waals surface area contributed by atoms with Crippen LogP contribution in [0.2, 0.25) is 5.02 Å². The minimum Gasteiger partial charge on any atom is -0.465 e. The highest BCUT2D eigenvalue weighted by molar-refractivity contribution is 7.92. The number of anilines is 1. The molecule has 21 heavy (non-hydrogen) atoms. The molecule has 0 saturated carbocycles. The van der Waals surface area contributed by atoms with Gasteiger partial charge in [-0.3, -0.25) is 4.72 Å². The van der Waals surface area contributed by atoms with E-state index in [0.29, 0.717) is 10.6 Å². The molecule has 0 aliphatic rings. The summed E-state index contributed by atoms with van der Waals surface area (Å²) in [4.78, 5) is 11.8. The maximum atomic E-state index is 12.4. The molecule has 1 aromatic carbocycles. The summed E-state index contributed by atoms with van der Waals surface area (Å²) in [5, 5.41) is 1.93. The van der Waals surface area contributed by atoms with Crippen LogP contribution < -0.4 is 4.72 Å². The molecule has 1 heterocycles. The molecule has 2 aromatic rings. The summed E-state index contributed by atoms with van der Waals surface area (Å²) in [5.41, 5.74) is 0.743. The topological polar surface area (TPSA) is 72.5 Å². The van der Waals surface area contributed by atoms with Crippen LogP contribution in [-0.2, 0) is 14.8 Å². The van der Waals surface area contributed by atoms with E-state index in [9.17, 15) is 13.2 Å². The first-order chi connectivity index (χ1) is 9.85. The quantitative estimate of drug-likeness (QED) is 0.863. The predicted molar refractivity (Wildman–Crippen MR) is 82.7 cm³/mol. The molecule has 1 aromatic heterocycles. The number of sulfonamides is 1. The molecule has 1 N–H and O–H groups in total. The molecule has 0 radical (unpaired) electrons.